The molecule has 0 atom stereocenters. The van der Waals surface area contributed by atoms with Crippen molar-refractivity contribution in [2.45, 2.75) is 4.90 Å². The number of nitrogens with zero attached hydrogens (tertiary/aromatic N) is 5. The van der Waals surface area contributed by atoms with Crippen molar-refractivity contribution in [3.05, 3.63) is 100 Å². The van der Waals surface area contributed by atoms with Gasteiger partial charge in [0.05, 0.1) is 23.7 Å². The molecule has 3 aromatic carbocycles. The number of halogens is 2. The number of carbonyl (C=O) groups excluding carboxylic acids is 1. The third-order valence-corrected chi connectivity index (χ3v) is 9.26. The molecule has 1 saturated heterocycles. The van der Waals surface area contributed by atoms with Crippen LogP contribution in [0, 0.1) is 11.6 Å². The first-order valence-corrected chi connectivity index (χ1v) is 15.9. The van der Waals surface area contributed by atoms with Crippen molar-refractivity contribution in [3.63, 3.8) is 0 Å². The minimum Gasteiger partial charge on any atom is -0.480 e. The van der Waals surface area contributed by atoms with Gasteiger partial charge in [-0.3, -0.25) is 14.3 Å². The van der Waals surface area contributed by atoms with Gasteiger partial charge < -0.3 is 20.3 Å². The molecule has 2 aromatic heterocycles. The number of hydrogen-bond donors (Lipinski definition) is 2. The van der Waals surface area contributed by atoms with Crippen molar-refractivity contribution in [2.75, 3.05) is 50.8 Å². The van der Waals surface area contributed by atoms with Crippen molar-refractivity contribution in [3.8, 4) is 22.7 Å². The molecule has 3 N–H and O–H groups in total. The Morgan fingerprint density at radius 2 is 1.68 bits per heavy atom. The second-order valence-electron chi connectivity index (χ2n) is 10.9. The molecule has 15 heteroatoms. The minimum absolute atomic E-state index is 0.0516. The van der Waals surface area contributed by atoms with E-state index < -0.39 is 32.1 Å². The normalized spacial score (nSPS) is 13.9. The molecule has 242 valence electrons. The van der Waals surface area contributed by atoms with E-state index in [2.05, 4.69) is 19.6 Å². The van der Waals surface area contributed by atoms with Crippen molar-refractivity contribution in [1.29, 1.82) is 0 Å². The van der Waals surface area contributed by atoms with Crippen LogP contribution in [0.2, 0.25) is 0 Å². The summed E-state index contributed by atoms with van der Waals surface area (Å²) in [4.78, 5) is 38.5. The van der Waals surface area contributed by atoms with Gasteiger partial charge in [0.1, 0.15) is 22.2 Å². The van der Waals surface area contributed by atoms with Crippen LogP contribution in [-0.4, -0.2) is 79.0 Å². The molecular formula is C32H29F2N7O5S. The summed E-state index contributed by atoms with van der Waals surface area (Å²) in [6.45, 7) is 2.84. The lowest BCUT2D eigenvalue weighted by Crippen LogP contribution is -2.47. The predicted octanol–water partition coefficient (Wildman–Crippen LogP) is 3.51. The Balaban J connectivity index is 1.33. The number of pyridine rings is 1. The van der Waals surface area contributed by atoms with E-state index in [1.54, 1.807) is 47.4 Å². The number of sulfonamides is 1. The van der Waals surface area contributed by atoms with Crippen molar-refractivity contribution in [1.82, 2.24) is 24.3 Å². The number of anilines is 2. The van der Waals surface area contributed by atoms with E-state index in [4.69, 9.17) is 10.5 Å². The van der Waals surface area contributed by atoms with Gasteiger partial charge >= 0.3 is 0 Å². The molecule has 0 radical (unpaired) electrons. The zero-order valence-corrected chi connectivity index (χ0v) is 26.1. The lowest BCUT2D eigenvalue weighted by Gasteiger charge is -2.32. The number of fused-ring (bicyclic) bond motifs is 1. The quantitative estimate of drug-likeness (QED) is 0.267. The topological polar surface area (TPSA) is 153 Å². The van der Waals surface area contributed by atoms with Gasteiger partial charge in [0.15, 0.2) is 0 Å². The summed E-state index contributed by atoms with van der Waals surface area (Å²) in [6.07, 6.45) is 1.41. The first-order valence-electron chi connectivity index (χ1n) is 14.4. The van der Waals surface area contributed by atoms with Crippen molar-refractivity contribution in [2.24, 2.45) is 0 Å². The van der Waals surface area contributed by atoms with E-state index in [9.17, 15) is 26.8 Å². The molecule has 1 aliphatic rings. The molecule has 0 unspecified atom stereocenters. The smallest absolute Gasteiger partial charge is 0.267 e. The summed E-state index contributed by atoms with van der Waals surface area (Å²) in [5.41, 5.74) is 7.71. The highest BCUT2D eigenvalue weighted by atomic mass is 32.2. The van der Waals surface area contributed by atoms with Gasteiger partial charge in [-0.05, 0) is 67.2 Å². The first-order chi connectivity index (χ1) is 22.4. The molecule has 1 fully saturated rings. The Kier molecular flexibility index (Phi) is 8.34. The highest BCUT2D eigenvalue weighted by Gasteiger charge is 2.23. The van der Waals surface area contributed by atoms with Crippen LogP contribution in [0.15, 0.2) is 82.6 Å². The standard InChI is InChI=1S/C32H29F2N7O5S/c1-39-11-13-40(14-12-39)30(42)19-3-7-23(8-4-19)41-31(43)24-15-20(5-9-26(24)37-32(41)35)21-16-27(29(46-2)36-18-21)38-47(44,45)28-10-6-22(33)17-25(28)34/h3-10,15-18,38H,11-14H2,1-2H3,(H2,35,37). The molecule has 0 aliphatic carbocycles. The number of amides is 1. The second kappa shape index (κ2) is 12.4. The summed E-state index contributed by atoms with van der Waals surface area (Å²) in [6, 6.07) is 14.9. The van der Waals surface area contributed by atoms with E-state index in [0.29, 0.717) is 47.1 Å². The summed E-state index contributed by atoms with van der Waals surface area (Å²) in [7, 11) is -1.22. The molecule has 0 saturated carbocycles. The number of likely N-dealkylation sites (N-methyl/N-ethyl adjacent to an activating group) is 1. The number of nitrogen functional groups attached to an aromatic ring is 1. The fourth-order valence-corrected chi connectivity index (χ4v) is 6.42. The number of piperazine rings is 1. The maximum Gasteiger partial charge on any atom is 0.267 e. The molecule has 3 heterocycles. The van der Waals surface area contributed by atoms with Crippen LogP contribution in [0.25, 0.3) is 27.7 Å². The van der Waals surface area contributed by atoms with E-state index in [1.165, 1.54) is 23.9 Å². The van der Waals surface area contributed by atoms with Gasteiger partial charge in [-0.15, -0.1) is 0 Å². The molecule has 1 aliphatic heterocycles. The van der Waals surface area contributed by atoms with Crippen molar-refractivity contribution < 1.29 is 26.7 Å². The lowest BCUT2D eigenvalue weighted by molar-refractivity contribution is 0.0664. The summed E-state index contributed by atoms with van der Waals surface area (Å²) >= 11 is 0. The predicted molar refractivity (Wildman–Crippen MR) is 172 cm³/mol. The van der Waals surface area contributed by atoms with Gasteiger partial charge in [0.25, 0.3) is 21.5 Å². The summed E-state index contributed by atoms with van der Waals surface area (Å²) < 4.78 is 62.3. The molecular weight excluding hydrogens is 632 g/mol. The number of ether oxygens (including phenoxy) is 1. The van der Waals surface area contributed by atoms with E-state index in [1.807, 2.05) is 7.05 Å². The van der Waals surface area contributed by atoms with Gasteiger partial charge in [0, 0.05) is 49.6 Å². The number of rotatable bonds is 7. The van der Waals surface area contributed by atoms with Crippen molar-refractivity contribution >= 4 is 38.5 Å². The van der Waals surface area contributed by atoms with Crippen LogP contribution in [0.5, 0.6) is 5.88 Å². The van der Waals surface area contributed by atoms with E-state index >= 15 is 0 Å². The number of nitrogens with one attached hydrogen (secondary N) is 1. The number of nitrogens with two attached hydrogens (primary N) is 1. The van der Waals surface area contributed by atoms with Crippen LogP contribution in [-0.2, 0) is 10.0 Å². The van der Waals surface area contributed by atoms with Gasteiger partial charge in [-0.2, -0.15) is 0 Å². The molecule has 5 aromatic rings. The number of aromatic nitrogens is 3. The number of methoxy groups -OCH3 is 1. The Bertz CT molecular complexity index is 2190. The maximum absolute atomic E-state index is 14.3. The first kappa shape index (κ1) is 31.6. The van der Waals surface area contributed by atoms with Gasteiger partial charge in [-0.1, -0.05) is 6.07 Å². The zero-order valence-electron chi connectivity index (χ0n) is 25.3. The number of benzene rings is 3. The highest BCUT2D eigenvalue weighted by Crippen LogP contribution is 2.32. The van der Waals surface area contributed by atoms with Crippen LogP contribution in [0.1, 0.15) is 10.4 Å². The Morgan fingerprint density at radius 3 is 2.36 bits per heavy atom. The average Bonchev–Trinajstić information content (AvgIpc) is 3.04. The Labute approximate surface area is 268 Å². The second-order valence-corrected chi connectivity index (χ2v) is 12.6. The van der Waals surface area contributed by atoms with Crippen LogP contribution in [0.4, 0.5) is 20.4 Å². The third kappa shape index (κ3) is 6.22. The molecule has 0 bridgehead atoms. The van der Waals surface area contributed by atoms with Crippen LogP contribution in [0.3, 0.4) is 0 Å². The molecule has 1 amide bonds. The lowest BCUT2D eigenvalue weighted by atomic mass is 10.0. The molecule has 0 spiro atoms. The monoisotopic (exact) mass is 661 g/mol. The van der Waals surface area contributed by atoms with Gasteiger partial charge in [-0.25, -0.2) is 31.7 Å². The Morgan fingerprint density at radius 1 is 0.957 bits per heavy atom. The third-order valence-electron chi connectivity index (χ3n) is 7.86. The zero-order chi connectivity index (χ0) is 33.5. The SMILES string of the molecule is COc1ncc(-c2ccc3nc(N)n(-c4ccc(C(=O)N5CCN(C)CC5)cc4)c(=O)c3c2)cc1NS(=O)(=O)c1ccc(F)cc1F. The number of hydrogen-bond acceptors (Lipinski definition) is 9. The van der Waals surface area contributed by atoms with Gasteiger partial charge in [0.2, 0.25) is 11.8 Å². The largest absolute Gasteiger partial charge is 0.480 e. The van der Waals surface area contributed by atoms with Crippen LogP contribution < -0.4 is 20.8 Å². The average molecular weight is 662 g/mol. The maximum atomic E-state index is 14.3. The van der Waals surface area contributed by atoms with E-state index in [-0.39, 0.29) is 28.8 Å². The molecule has 6 rings (SSSR count). The number of carbonyl (C=O) groups is 1. The molecule has 12 nitrogen and oxygen atoms in total. The summed E-state index contributed by atoms with van der Waals surface area (Å²) in [5.74, 6) is -2.45. The highest BCUT2D eigenvalue weighted by molar-refractivity contribution is 7.92. The minimum atomic E-state index is -4.51. The van der Waals surface area contributed by atoms with Crippen LogP contribution >= 0.6 is 0 Å². The Hall–Kier alpha value is -5.41. The fraction of sp³-hybridized carbons (Fsp3) is 0.188. The van der Waals surface area contributed by atoms with E-state index in [0.717, 1.165) is 25.2 Å². The summed E-state index contributed by atoms with van der Waals surface area (Å²) in [5, 5.41) is 0.209. The molecule has 47 heavy (non-hydrogen) atoms. The fourth-order valence-electron chi connectivity index (χ4n) is 5.32.